The van der Waals surface area contributed by atoms with E-state index in [-0.39, 0.29) is 41.6 Å². The zero-order valence-corrected chi connectivity index (χ0v) is 25.4. The number of carbonyl (C=O) groups excluding carboxylic acids is 3. The number of esters is 2. The van der Waals surface area contributed by atoms with Gasteiger partial charge in [-0.2, -0.15) is 0 Å². The molecule has 1 amide bonds. The molecule has 2 heterocycles. The van der Waals surface area contributed by atoms with Crippen LogP contribution in [0.4, 0.5) is 4.39 Å². The lowest BCUT2D eigenvalue weighted by atomic mass is 9.86. The Morgan fingerprint density at radius 2 is 1.89 bits per heavy atom. The topological polar surface area (TPSA) is 132 Å². The first kappa shape index (κ1) is 33.1. The third-order valence-electron chi connectivity index (χ3n) is 7.67. The summed E-state index contributed by atoms with van der Waals surface area (Å²) in [6.45, 7) is 3.75. The van der Waals surface area contributed by atoms with Crippen LogP contribution in [0.1, 0.15) is 62.0 Å². The van der Waals surface area contributed by atoms with E-state index in [1.807, 2.05) is 0 Å². The van der Waals surface area contributed by atoms with Crippen molar-refractivity contribution < 1.29 is 47.2 Å². The number of halogens is 1. The van der Waals surface area contributed by atoms with Crippen molar-refractivity contribution in [2.45, 2.75) is 70.6 Å². The summed E-state index contributed by atoms with van der Waals surface area (Å²) in [5.41, 5.74) is 0.824. The van der Waals surface area contributed by atoms with E-state index < -0.39 is 36.8 Å². The number of cyclic esters (lactones) is 1. The minimum Gasteiger partial charge on any atom is -0.493 e. The van der Waals surface area contributed by atoms with Crippen molar-refractivity contribution in [3.05, 3.63) is 53.6 Å². The summed E-state index contributed by atoms with van der Waals surface area (Å²) in [6.07, 6.45) is 4.95. The quantitative estimate of drug-likeness (QED) is 0.245. The molecule has 12 heteroatoms. The van der Waals surface area contributed by atoms with Gasteiger partial charge in [-0.05, 0) is 75.5 Å². The number of carbonyl (C=O) groups is 3. The normalized spacial score (nSPS) is 22.1. The average molecular weight is 617 g/mol. The molecule has 0 radical (unpaired) electrons. The van der Waals surface area contributed by atoms with Gasteiger partial charge in [-0.3, -0.25) is 4.79 Å². The van der Waals surface area contributed by atoms with Gasteiger partial charge in [0.1, 0.15) is 24.6 Å². The first-order valence-electron chi connectivity index (χ1n) is 15.1. The van der Waals surface area contributed by atoms with Crippen molar-refractivity contribution in [1.82, 2.24) is 10.3 Å². The molecule has 0 spiro atoms. The number of hydrogen-bond donors (Lipinski definition) is 1. The smallest absolute Gasteiger partial charge is 0.334 e. The summed E-state index contributed by atoms with van der Waals surface area (Å²) in [5.74, 6) is -1.52. The summed E-state index contributed by atoms with van der Waals surface area (Å²) >= 11 is 0. The van der Waals surface area contributed by atoms with E-state index in [9.17, 15) is 18.8 Å². The number of amides is 1. The van der Waals surface area contributed by atoms with Gasteiger partial charge in [-0.15, -0.1) is 0 Å². The van der Waals surface area contributed by atoms with Crippen molar-refractivity contribution in [3.63, 3.8) is 0 Å². The van der Waals surface area contributed by atoms with Crippen LogP contribution >= 0.6 is 0 Å². The van der Waals surface area contributed by atoms with Gasteiger partial charge in [0.2, 0.25) is 6.79 Å². The molecule has 0 bridgehead atoms. The lowest BCUT2D eigenvalue weighted by molar-refractivity contribution is -0.161. The molecule has 11 nitrogen and oxygen atoms in total. The van der Waals surface area contributed by atoms with Gasteiger partial charge in [0.05, 0.1) is 13.2 Å². The summed E-state index contributed by atoms with van der Waals surface area (Å²) in [4.78, 5) is 42.7. The number of benzene rings is 1. The molecule has 2 fully saturated rings. The van der Waals surface area contributed by atoms with Crippen molar-refractivity contribution >= 4 is 17.8 Å². The van der Waals surface area contributed by atoms with E-state index in [1.165, 1.54) is 31.5 Å². The van der Waals surface area contributed by atoms with Crippen molar-refractivity contribution in [2.24, 2.45) is 11.8 Å². The Morgan fingerprint density at radius 3 is 2.59 bits per heavy atom. The fourth-order valence-electron chi connectivity index (χ4n) is 5.16. The lowest BCUT2D eigenvalue weighted by Gasteiger charge is -2.31. The molecule has 2 aromatic rings. The van der Waals surface area contributed by atoms with Gasteiger partial charge >= 0.3 is 11.9 Å². The van der Waals surface area contributed by atoms with Crippen LogP contribution < -0.4 is 14.8 Å². The molecule has 1 saturated heterocycles. The molecule has 240 valence electrons. The molecule has 4 rings (SSSR count). The zero-order valence-electron chi connectivity index (χ0n) is 25.4. The standard InChI is InChI=1S/C32H41FN2O9/c1-4-40-18-27(36)42-19-43-30-26(39-3)14-15-34-28(30)31(37)35-25-7-5-6-23(16-21-10-12-24(33)13-11-21)29(20(2)44-32(25)38)41-17-22-8-9-22/h10-15,20,22-23,25,29H,4-9,16-19H2,1-3H3,(H,35,37)/t20-,23+,25-,29-/m0/s1. The minimum atomic E-state index is -0.955. The van der Waals surface area contributed by atoms with E-state index in [0.717, 1.165) is 18.4 Å². The molecule has 1 N–H and O–H groups in total. The van der Waals surface area contributed by atoms with Crippen LogP contribution in [0.15, 0.2) is 36.5 Å². The van der Waals surface area contributed by atoms with Crippen LogP contribution in [-0.2, 0) is 35.0 Å². The maximum Gasteiger partial charge on any atom is 0.334 e. The highest BCUT2D eigenvalue weighted by Crippen LogP contribution is 2.33. The number of pyridine rings is 1. The third-order valence-corrected chi connectivity index (χ3v) is 7.67. The van der Waals surface area contributed by atoms with Gasteiger partial charge < -0.3 is 33.7 Å². The average Bonchev–Trinajstić information content (AvgIpc) is 3.84. The van der Waals surface area contributed by atoms with Crippen LogP contribution in [0.2, 0.25) is 0 Å². The number of nitrogens with zero attached hydrogens (tertiary/aromatic N) is 1. The second-order valence-electron chi connectivity index (χ2n) is 11.0. The maximum absolute atomic E-state index is 13.5. The largest absolute Gasteiger partial charge is 0.493 e. The summed E-state index contributed by atoms with van der Waals surface area (Å²) in [7, 11) is 1.39. The van der Waals surface area contributed by atoms with Gasteiger partial charge in [0.15, 0.2) is 17.2 Å². The fourth-order valence-corrected chi connectivity index (χ4v) is 5.16. The molecule has 4 atom stereocenters. The monoisotopic (exact) mass is 616 g/mol. The van der Waals surface area contributed by atoms with Gasteiger partial charge in [0, 0.05) is 25.5 Å². The Balaban J connectivity index is 1.46. The van der Waals surface area contributed by atoms with Crippen LogP contribution in [-0.4, -0.2) is 74.8 Å². The molecule has 1 aromatic carbocycles. The lowest BCUT2D eigenvalue weighted by Crippen LogP contribution is -2.45. The van der Waals surface area contributed by atoms with Crippen LogP contribution in [0.5, 0.6) is 11.5 Å². The van der Waals surface area contributed by atoms with Crippen LogP contribution in [0, 0.1) is 17.7 Å². The van der Waals surface area contributed by atoms with Crippen molar-refractivity contribution in [1.29, 1.82) is 0 Å². The van der Waals surface area contributed by atoms with Gasteiger partial charge in [0.25, 0.3) is 5.91 Å². The molecule has 1 saturated carbocycles. The number of aromatic nitrogens is 1. The van der Waals surface area contributed by atoms with Crippen molar-refractivity contribution in [3.8, 4) is 11.5 Å². The number of methoxy groups -OCH3 is 1. The molecular weight excluding hydrogens is 575 g/mol. The molecule has 1 aromatic heterocycles. The van der Waals surface area contributed by atoms with E-state index in [0.29, 0.717) is 44.8 Å². The minimum absolute atomic E-state index is 0.0157. The summed E-state index contributed by atoms with van der Waals surface area (Å²) in [6, 6.07) is 6.95. The Labute approximate surface area is 256 Å². The first-order valence-corrected chi connectivity index (χ1v) is 15.1. The van der Waals surface area contributed by atoms with E-state index in [1.54, 1.807) is 26.0 Å². The van der Waals surface area contributed by atoms with E-state index >= 15 is 0 Å². The number of hydrogen-bond acceptors (Lipinski definition) is 10. The molecule has 0 unspecified atom stereocenters. The molecule has 44 heavy (non-hydrogen) atoms. The van der Waals surface area contributed by atoms with Crippen LogP contribution in [0.25, 0.3) is 0 Å². The predicted octanol–water partition coefficient (Wildman–Crippen LogP) is 4.01. The maximum atomic E-state index is 13.5. The Bertz CT molecular complexity index is 1250. The highest BCUT2D eigenvalue weighted by molar-refractivity contribution is 5.98. The summed E-state index contributed by atoms with van der Waals surface area (Å²) in [5, 5.41) is 2.74. The van der Waals surface area contributed by atoms with E-state index in [4.69, 9.17) is 28.4 Å². The molecule has 1 aliphatic heterocycles. The Kier molecular flexibility index (Phi) is 12.3. The SMILES string of the molecule is CCOCC(=O)OCOc1c(OC)ccnc1C(=O)N[C@H]1CCC[C@H](Cc2ccc(F)cc2)[C@@H](OCC2CC2)[C@H](C)OC1=O. The number of nitrogens with one attached hydrogen (secondary N) is 1. The molecule has 1 aliphatic carbocycles. The van der Waals surface area contributed by atoms with Crippen LogP contribution in [0.3, 0.4) is 0 Å². The zero-order chi connectivity index (χ0) is 31.5. The van der Waals surface area contributed by atoms with Crippen molar-refractivity contribution in [2.75, 3.05) is 33.7 Å². The molecule has 2 aliphatic rings. The second-order valence-corrected chi connectivity index (χ2v) is 11.0. The second kappa shape index (κ2) is 16.3. The third kappa shape index (κ3) is 9.62. The van der Waals surface area contributed by atoms with Gasteiger partial charge in [-0.25, -0.2) is 19.0 Å². The Morgan fingerprint density at radius 1 is 1.11 bits per heavy atom. The highest BCUT2D eigenvalue weighted by atomic mass is 19.1. The Hall–Kier alpha value is -3.77. The molecular formula is C32H41FN2O9. The highest BCUT2D eigenvalue weighted by Gasteiger charge is 2.37. The first-order chi connectivity index (χ1) is 21.3. The fraction of sp³-hybridized carbons (Fsp3) is 0.562. The number of rotatable bonds is 14. The summed E-state index contributed by atoms with van der Waals surface area (Å²) < 4.78 is 46.7. The number of ether oxygens (including phenoxy) is 6. The van der Waals surface area contributed by atoms with Gasteiger partial charge in [-0.1, -0.05) is 18.6 Å². The van der Waals surface area contributed by atoms with E-state index in [2.05, 4.69) is 10.3 Å². The predicted molar refractivity (Wildman–Crippen MR) is 156 cm³/mol.